The third-order valence-electron chi connectivity index (χ3n) is 7.36. The average Bonchev–Trinajstić information content (AvgIpc) is 2.79. The number of hydrogen-bond donors (Lipinski definition) is 1. The molecule has 3 aliphatic heterocycles. The Kier molecular flexibility index (Phi) is 8.08. The van der Waals surface area contributed by atoms with Crippen molar-refractivity contribution in [1.29, 1.82) is 0 Å². The van der Waals surface area contributed by atoms with Crippen LogP contribution in [0, 0.1) is 11.8 Å². The zero-order valence-electron chi connectivity index (χ0n) is 22.1. The normalized spacial score (nSPS) is 27.6. The predicted molar refractivity (Wildman–Crippen MR) is 143 cm³/mol. The Morgan fingerprint density at radius 2 is 2.08 bits per heavy atom. The number of fused-ring (bicyclic) bond motifs is 4. The molecule has 0 aromatic heterocycles. The summed E-state index contributed by atoms with van der Waals surface area (Å²) in [5.41, 5.74) is -0.00651. The Labute approximate surface area is 223 Å². The van der Waals surface area contributed by atoms with E-state index in [4.69, 9.17) is 25.8 Å². The number of thioether (sulfide) groups is 1. The summed E-state index contributed by atoms with van der Waals surface area (Å²) < 4.78 is 18.5. The number of likely N-dealkylation sites (tertiary alicyclic amines) is 1. The number of halogens is 1. The molecule has 2 fully saturated rings. The van der Waals surface area contributed by atoms with E-state index in [1.54, 1.807) is 11.8 Å². The molecule has 0 bridgehead atoms. The molecule has 2 amide bonds. The van der Waals surface area contributed by atoms with Crippen LogP contribution in [0.1, 0.15) is 65.5 Å². The second-order valence-corrected chi connectivity index (χ2v) is 13.1. The standard InChI is InChI=1S/C27H39ClN2O5S/c1-26(2,3)35-25(32)29-20(10-12-36-6)24(31)30-11-9-21-16(15-30)13-19-23(33-21)18-14-17(28)7-8-22(18)34-27(19,4)5/h7-8,14,16,19-21,23H,9-13,15H2,1-6H3,(H,29,32)/t16-,19+,20+,21+,23-/m0/s1. The fraction of sp³-hybridized carbons (Fsp3) is 0.704. The van der Waals surface area contributed by atoms with Gasteiger partial charge in [0.25, 0.3) is 0 Å². The van der Waals surface area contributed by atoms with E-state index in [9.17, 15) is 9.59 Å². The third-order valence-corrected chi connectivity index (χ3v) is 8.24. The molecule has 1 N–H and O–H groups in total. The zero-order chi connectivity index (χ0) is 26.3. The second kappa shape index (κ2) is 10.6. The number of hydrogen-bond acceptors (Lipinski definition) is 6. The SMILES string of the molecule is CSCC[C@@H](NC(=O)OC(C)(C)C)C(=O)N1CC[C@H]2O[C@H]3c4cc(Cl)ccc4OC(C)(C)[C@@H]3C[C@H]2C1. The molecule has 3 aliphatic rings. The molecular formula is C27H39ClN2O5S. The van der Waals surface area contributed by atoms with E-state index in [0.717, 1.165) is 29.9 Å². The molecule has 0 saturated carbocycles. The first kappa shape index (κ1) is 27.4. The number of carbonyl (C=O) groups excluding carboxylic acids is 2. The highest BCUT2D eigenvalue weighted by molar-refractivity contribution is 7.98. The van der Waals surface area contributed by atoms with Gasteiger partial charge in [-0.3, -0.25) is 4.79 Å². The number of piperidine rings is 1. The monoisotopic (exact) mass is 538 g/mol. The lowest BCUT2D eigenvalue weighted by molar-refractivity contribution is -0.189. The first-order chi connectivity index (χ1) is 16.9. The summed E-state index contributed by atoms with van der Waals surface area (Å²) >= 11 is 7.97. The highest BCUT2D eigenvalue weighted by Crippen LogP contribution is 2.53. The van der Waals surface area contributed by atoms with E-state index < -0.39 is 23.3 Å². The average molecular weight is 539 g/mol. The molecule has 200 valence electrons. The van der Waals surface area contributed by atoms with Gasteiger partial charge in [-0.25, -0.2) is 4.79 Å². The smallest absolute Gasteiger partial charge is 0.408 e. The van der Waals surface area contributed by atoms with Crippen molar-refractivity contribution in [3.63, 3.8) is 0 Å². The van der Waals surface area contributed by atoms with Gasteiger partial charge in [0.1, 0.15) is 23.0 Å². The third kappa shape index (κ3) is 6.08. The van der Waals surface area contributed by atoms with Gasteiger partial charge in [-0.15, -0.1) is 0 Å². The second-order valence-electron chi connectivity index (χ2n) is 11.6. The van der Waals surface area contributed by atoms with E-state index in [1.165, 1.54) is 0 Å². The van der Waals surface area contributed by atoms with Crippen LogP contribution >= 0.6 is 23.4 Å². The van der Waals surface area contributed by atoms with E-state index in [1.807, 2.05) is 50.1 Å². The number of nitrogens with one attached hydrogen (secondary N) is 1. The zero-order valence-corrected chi connectivity index (χ0v) is 23.7. The highest BCUT2D eigenvalue weighted by atomic mass is 35.5. The van der Waals surface area contributed by atoms with Crippen molar-refractivity contribution in [2.45, 2.75) is 83.3 Å². The van der Waals surface area contributed by atoms with Crippen molar-refractivity contribution in [3.05, 3.63) is 28.8 Å². The molecule has 3 heterocycles. The topological polar surface area (TPSA) is 77.1 Å². The molecule has 36 heavy (non-hydrogen) atoms. The number of rotatable bonds is 5. The molecule has 1 aromatic rings. The first-order valence-corrected chi connectivity index (χ1v) is 14.6. The number of amides is 2. The van der Waals surface area contributed by atoms with Gasteiger partial charge >= 0.3 is 6.09 Å². The minimum Gasteiger partial charge on any atom is -0.487 e. The van der Waals surface area contributed by atoms with Crippen molar-refractivity contribution in [1.82, 2.24) is 10.2 Å². The van der Waals surface area contributed by atoms with Crippen LogP contribution in [0.2, 0.25) is 5.02 Å². The lowest BCUT2D eigenvalue weighted by Gasteiger charge is -2.53. The van der Waals surface area contributed by atoms with E-state index in [0.29, 0.717) is 24.5 Å². The van der Waals surface area contributed by atoms with Gasteiger partial charge in [0, 0.05) is 35.5 Å². The van der Waals surface area contributed by atoms with Crippen LogP contribution in [0.25, 0.3) is 0 Å². The molecule has 0 unspecified atom stereocenters. The van der Waals surface area contributed by atoms with Crippen LogP contribution < -0.4 is 10.1 Å². The largest absolute Gasteiger partial charge is 0.487 e. The summed E-state index contributed by atoms with van der Waals surface area (Å²) in [6, 6.07) is 5.13. The number of nitrogens with zero attached hydrogens (tertiary/aromatic N) is 1. The fourth-order valence-corrected chi connectivity index (χ4v) is 6.30. The van der Waals surface area contributed by atoms with Crippen molar-refractivity contribution in [2.75, 3.05) is 25.1 Å². The molecule has 2 saturated heterocycles. The summed E-state index contributed by atoms with van der Waals surface area (Å²) in [5, 5.41) is 3.50. The van der Waals surface area contributed by atoms with Crippen molar-refractivity contribution in [3.8, 4) is 5.75 Å². The van der Waals surface area contributed by atoms with E-state index in [-0.39, 0.29) is 30.0 Å². The van der Waals surface area contributed by atoms with Crippen LogP contribution in [0.5, 0.6) is 5.75 Å². The molecular weight excluding hydrogens is 500 g/mol. The summed E-state index contributed by atoms with van der Waals surface area (Å²) in [4.78, 5) is 27.9. The Hall–Kier alpha value is -1.64. The lowest BCUT2D eigenvalue weighted by Crippen LogP contribution is -2.58. The van der Waals surface area contributed by atoms with Gasteiger partial charge in [-0.2, -0.15) is 11.8 Å². The molecule has 0 spiro atoms. The van der Waals surface area contributed by atoms with Gasteiger partial charge in [-0.05, 0) is 84.1 Å². The van der Waals surface area contributed by atoms with Gasteiger partial charge in [-0.1, -0.05) is 11.6 Å². The molecule has 7 nitrogen and oxygen atoms in total. The number of ether oxygens (including phenoxy) is 3. The summed E-state index contributed by atoms with van der Waals surface area (Å²) in [6.07, 6.45) is 3.65. The maximum atomic E-state index is 13.6. The van der Waals surface area contributed by atoms with Crippen molar-refractivity contribution in [2.24, 2.45) is 11.8 Å². The van der Waals surface area contributed by atoms with Gasteiger partial charge < -0.3 is 24.4 Å². The Balaban J connectivity index is 1.47. The number of alkyl carbamates (subject to hydrolysis) is 1. The predicted octanol–water partition coefficient (Wildman–Crippen LogP) is 5.45. The number of benzene rings is 1. The van der Waals surface area contributed by atoms with Crippen LogP contribution in [0.4, 0.5) is 4.79 Å². The summed E-state index contributed by atoms with van der Waals surface area (Å²) in [7, 11) is 0. The Morgan fingerprint density at radius 3 is 2.78 bits per heavy atom. The number of carbonyl (C=O) groups is 2. The molecule has 9 heteroatoms. The summed E-state index contributed by atoms with van der Waals surface area (Å²) in [6.45, 7) is 10.9. The van der Waals surface area contributed by atoms with Crippen LogP contribution in [-0.4, -0.2) is 65.3 Å². The molecule has 0 aliphatic carbocycles. The Morgan fingerprint density at radius 1 is 1.33 bits per heavy atom. The summed E-state index contributed by atoms with van der Waals surface area (Å²) in [5.74, 6) is 1.91. The Bertz CT molecular complexity index is 981. The van der Waals surface area contributed by atoms with Gasteiger partial charge in [0.05, 0.1) is 12.2 Å². The fourth-order valence-electron chi connectivity index (χ4n) is 5.64. The van der Waals surface area contributed by atoms with Crippen molar-refractivity contribution >= 4 is 35.4 Å². The van der Waals surface area contributed by atoms with E-state index >= 15 is 0 Å². The van der Waals surface area contributed by atoms with Crippen LogP contribution in [0.3, 0.4) is 0 Å². The van der Waals surface area contributed by atoms with Crippen LogP contribution in [-0.2, 0) is 14.3 Å². The first-order valence-electron chi connectivity index (χ1n) is 12.8. The molecule has 4 rings (SSSR count). The molecule has 5 atom stereocenters. The van der Waals surface area contributed by atoms with Crippen molar-refractivity contribution < 1.29 is 23.8 Å². The van der Waals surface area contributed by atoms with Crippen LogP contribution in [0.15, 0.2) is 18.2 Å². The molecule has 1 aromatic carbocycles. The highest BCUT2D eigenvalue weighted by Gasteiger charge is 2.51. The minimum absolute atomic E-state index is 0.0493. The minimum atomic E-state index is -0.622. The lowest BCUT2D eigenvalue weighted by atomic mass is 9.70. The maximum absolute atomic E-state index is 13.6. The van der Waals surface area contributed by atoms with Gasteiger partial charge in [0.15, 0.2) is 0 Å². The quantitative estimate of drug-likeness (QED) is 0.537. The molecule has 0 radical (unpaired) electrons. The van der Waals surface area contributed by atoms with E-state index in [2.05, 4.69) is 19.2 Å². The van der Waals surface area contributed by atoms with Gasteiger partial charge in [0.2, 0.25) is 5.91 Å². The maximum Gasteiger partial charge on any atom is 0.408 e.